The minimum absolute atomic E-state index is 0.0458. The van der Waals surface area contributed by atoms with Gasteiger partial charge in [0, 0.05) is 6.07 Å². The number of rotatable bonds is 3. The zero-order chi connectivity index (χ0) is 13.2. The molecule has 0 saturated heterocycles. The molecule has 0 fully saturated rings. The van der Waals surface area contributed by atoms with Gasteiger partial charge in [0.25, 0.3) is 0 Å². The number of para-hydroxylation sites is 1. The molecule has 19 heavy (non-hydrogen) atoms. The Morgan fingerprint density at radius 1 is 1.05 bits per heavy atom. The first-order valence-corrected chi connectivity index (χ1v) is 6.27. The lowest BCUT2D eigenvalue weighted by Gasteiger charge is -2.08. The van der Waals surface area contributed by atoms with Crippen molar-refractivity contribution >= 4 is 5.69 Å². The van der Waals surface area contributed by atoms with Crippen LogP contribution in [0, 0.1) is 10.1 Å². The Morgan fingerprint density at radius 2 is 1.74 bits per heavy atom. The molecule has 1 aliphatic carbocycles. The van der Waals surface area contributed by atoms with E-state index in [1.54, 1.807) is 18.2 Å². The van der Waals surface area contributed by atoms with Crippen molar-refractivity contribution in [3.63, 3.8) is 0 Å². The number of ether oxygens (including phenoxy) is 1. The molecule has 0 unspecified atom stereocenters. The first-order valence-electron chi connectivity index (χ1n) is 6.27. The molecule has 96 valence electrons. The summed E-state index contributed by atoms with van der Waals surface area (Å²) in [5, 5.41) is 11.1. The van der Waals surface area contributed by atoms with E-state index in [1.165, 1.54) is 0 Å². The van der Waals surface area contributed by atoms with E-state index >= 15 is 0 Å². The zero-order valence-corrected chi connectivity index (χ0v) is 10.3. The number of nitro benzene ring substituents is 1. The molecule has 0 aliphatic heterocycles. The number of aryl methyl sites for hydroxylation is 2. The summed E-state index contributed by atoms with van der Waals surface area (Å²) < 4.78 is 5.65. The van der Waals surface area contributed by atoms with E-state index in [2.05, 4.69) is 0 Å². The minimum atomic E-state index is -0.378. The van der Waals surface area contributed by atoms with Crippen LogP contribution in [0.5, 0.6) is 11.5 Å². The second kappa shape index (κ2) is 4.72. The molecule has 3 rings (SSSR count). The summed E-state index contributed by atoms with van der Waals surface area (Å²) in [6, 6.07) is 12.6. The van der Waals surface area contributed by atoms with Crippen LogP contribution in [0.4, 0.5) is 5.69 Å². The van der Waals surface area contributed by atoms with Crippen LogP contribution in [-0.2, 0) is 12.8 Å². The molecule has 0 N–H and O–H groups in total. The van der Waals surface area contributed by atoms with Crippen LogP contribution in [0.25, 0.3) is 0 Å². The van der Waals surface area contributed by atoms with Crippen LogP contribution in [0.2, 0.25) is 0 Å². The van der Waals surface area contributed by atoms with E-state index in [4.69, 9.17) is 4.74 Å². The van der Waals surface area contributed by atoms with Gasteiger partial charge in [-0.1, -0.05) is 18.2 Å². The minimum Gasteiger partial charge on any atom is -0.450 e. The topological polar surface area (TPSA) is 52.4 Å². The fourth-order valence-corrected chi connectivity index (χ4v) is 2.43. The average molecular weight is 255 g/mol. The van der Waals surface area contributed by atoms with Crippen molar-refractivity contribution in [1.29, 1.82) is 0 Å². The van der Waals surface area contributed by atoms with Crippen LogP contribution in [-0.4, -0.2) is 4.92 Å². The standard InChI is InChI=1S/C15H13NO3/c17-16(18)14-9-11-5-4-6-12(11)10-15(14)19-13-7-2-1-3-8-13/h1-3,7-10H,4-6H2. The third-order valence-corrected chi connectivity index (χ3v) is 3.34. The van der Waals surface area contributed by atoms with E-state index in [1.807, 2.05) is 24.3 Å². The Kier molecular flexibility index (Phi) is 2.91. The second-order valence-electron chi connectivity index (χ2n) is 4.61. The van der Waals surface area contributed by atoms with Crippen molar-refractivity contribution in [3.8, 4) is 11.5 Å². The highest BCUT2D eigenvalue weighted by Gasteiger charge is 2.22. The van der Waals surface area contributed by atoms with Crippen molar-refractivity contribution in [1.82, 2.24) is 0 Å². The largest absolute Gasteiger partial charge is 0.450 e. The lowest BCUT2D eigenvalue weighted by atomic mass is 10.1. The summed E-state index contributed by atoms with van der Waals surface area (Å²) in [6.07, 6.45) is 2.95. The predicted molar refractivity (Wildman–Crippen MR) is 71.6 cm³/mol. The third-order valence-electron chi connectivity index (χ3n) is 3.34. The lowest BCUT2D eigenvalue weighted by Crippen LogP contribution is -1.96. The number of nitro groups is 1. The molecule has 0 spiro atoms. The Balaban J connectivity index is 2.02. The number of hydrogen-bond acceptors (Lipinski definition) is 3. The molecule has 1 aliphatic rings. The Bertz CT molecular complexity index is 623. The average Bonchev–Trinajstić information content (AvgIpc) is 2.86. The van der Waals surface area contributed by atoms with Gasteiger partial charge >= 0.3 is 5.69 Å². The van der Waals surface area contributed by atoms with Gasteiger partial charge in [0.2, 0.25) is 5.75 Å². The van der Waals surface area contributed by atoms with Crippen molar-refractivity contribution in [3.05, 3.63) is 63.7 Å². The highest BCUT2D eigenvalue weighted by molar-refractivity contribution is 5.54. The van der Waals surface area contributed by atoms with Gasteiger partial charge in [0.15, 0.2) is 0 Å². The quantitative estimate of drug-likeness (QED) is 0.617. The van der Waals surface area contributed by atoms with Crippen LogP contribution in [0.1, 0.15) is 17.5 Å². The molecule has 0 radical (unpaired) electrons. The van der Waals surface area contributed by atoms with Gasteiger partial charge in [-0.2, -0.15) is 0 Å². The Hall–Kier alpha value is -2.36. The molecular formula is C15H13NO3. The fraction of sp³-hybridized carbons (Fsp3) is 0.200. The summed E-state index contributed by atoms with van der Waals surface area (Å²) in [4.78, 5) is 10.8. The van der Waals surface area contributed by atoms with Crippen molar-refractivity contribution in [2.45, 2.75) is 19.3 Å². The molecule has 0 aromatic heterocycles. The van der Waals surface area contributed by atoms with Crippen LogP contribution < -0.4 is 4.74 Å². The van der Waals surface area contributed by atoms with Gasteiger partial charge in [-0.25, -0.2) is 0 Å². The molecule has 0 amide bonds. The normalized spacial score (nSPS) is 13.1. The monoisotopic (exact) mass is 255 g/mol. The molecule has 0 heterocycles. The third kappa shape index (κ3) is 2.29. The van der Waals surface area contributed by atoms with Gasteiger partial charge in [0.1, 0.15) is 5.75 Å². The maximum atomic E-state index is 11.1. The molecule has 2 aromatic carbocycles. The summed E-state index contributed by atoms with van der Waals surface area (Å²) in [5.41, 5.74) is 2.29. The van der Waals surface area contributed by atoms with Crippen LogP contribution in [0.15, 0.2) is 42.5 Å². The molecule has 0 atom stereocenters. The van der Waals surface area contributed by atoms with Crippen LogP contribution >= 0.6 is 0 Å². The maximum Gasteiger partial charge on any atom is 0.311 e. The van der Waals surface area contributed by atoms with Gasteiger partial charge in [-0.3, -0.25) is 10.1 Å². The molecule has 4 heteroatoms. The van der Waals surface area contributed by atoms with Gasteiger partial charge in [0.05, 0.1) is 4.92 Å². The van der Waals surface area contributed by atoms with Crippen molar-refractivity contribution in [2.75, 3.05) is 0 Å². The van der Waals surface area contributed by atoms with E-state index in [-0.39, 0.29) is 10.6 Å². The highest BCUT2D eigenvalue weighted by Crippen LogP contribution is 2.37. The number of benzene rings is 2. The molecule has 2 aromatic rings. The highest BCUT2D eigenvalue weighted by atomic mass is 16.6. The number of fused-ring (bicyclic) bond motifs is 1. The van der Waals surface area contributed by atoms with E-state index in [0.29, 0.717) is 11.5 Å². The summed E-state index contributed by atoms with van der Waals surface area (Å²) >= 11 is 0. The predicted octanol–water partition coefficient (Wildman–Crippen LogP) is 3.88. The summed E-state index contributed by atoms with van der Waals surface area (Å²) in [6.45, 7) is 0. The first-order chi connectivity index (χ1) is 9.24. The Labute approximate surface area is 110 Å². The SMILES string of the molecule is O=[N+]([O-])c1cc2c(cc1Oc1ccccc1)CCC2. The van der Waals surface area contributed by atoms with Crippen molar-refractivity contribution in [2.24, 2.45) is 0 Å². The summed E-state index contributed by atoms with van der Waals surface area (Å²) in [7, 11) is 0. The summed E-state index contributed by atoms with van der Waals surface area (Å²) in [5.74, 6) is 0.945. The lowest BCUT2D eigenvalue weighted by molar-refractivity contribution is -0.385. The second-order valence-corrected chi connectivity index (χ2v) is 4.61. The number of nitrogens with zero attached hydrogens (tertiary/aromatic N) is 1. The van der Waals surface area contributed by atoms with E-state index in [0.717, 1.165) is 30.4 Å². The van der Waals surface area contributed by atoms with Crippen molar-refractivity contribution < 1.29 is 9.66 Å². The maximum absolute atomic E-state index is 11.1. The zero-order valence-electron chi connectivity index (χ0n) is 10.3. The molecular weight excluding hydrogens is 242 g/mol. The molecule has 0 bridgehead atoms. The van der Waals surface area contributed by atoms with Gasteiger partial charge < -0.3 is 4.74 Å². The van der Waals surface area contributed by atoms with Gasteiger partial charge in [-0.15, -0.1) is 0 Å². The Morgan fingerprint density at radius 3 is 2.42 bits per heavy atom. The first kappa shape index (κ1) is 11.7. The number of hydrogen-bond donors (Lipinski definition) is 0. The molecule has 4 nitrogen and oxygen atoms in total. The van der Waals surface area contributed by atoms with E-state index < -0.39 is 0 Å². The van der Waals surface area contributed by atoms with Crippen LogP contribution in [0.3, 0.4) is 0 Å². The van der Waals surface area contributed by atoms with Gasteiger partial charge in [-0.05, 0) is 48.6 Å². The smallest absolute Gasteiger partial charge is 0.311 e. The molecule has 0 saturated carbocycles. The fourth-order valence-electron chi connectivity index (χ4n) is 2.43. The van der Waals surface area contributed by atoms with E-state index in [9.17, 15) is 10.1 Å².